The number of hydrogen-bond donors (Lipinski definition) is 4. The molecule has 1 saturated heterocycles. The number of Topliss-reactive ketones (excluding diaryl/α,β-unsaturated/α-hetero) is 1. The summed E-state index contributed by atoms with van der Waals surface area (Å²) < 4.78 is 30.4. The second kappa shape index (κ2) is 16.9. The van der Waals surface area contributed by atoms with Crippen molar-refractivity contribution in [1.82, 2.24) is 5.32 Å². The highest BCUT2D eigenvalue weighted by Gasteiger charge is 2.78. The minimum atomic E-state index is -2.38. The maximum absolute atomic E-state index is 15.6. The first kappa shape index (κ1) is 45.3. The number of allylic oxidation sites excluding steroid dienone is 1. The van der Waals surface area contributed by atoms with Gasteiger partial charge in [0, 0.05) is 37.2 Å². The third-order valence-electron chi connectivity index (χ3n) is 13.5. The third kappa shape index (κ3) is 7.59. The van der Waals surface area contributed by atoms with Gasteiger partial charge in [0.1, 0.15) is 23.9 Å². The quantitative estimate of drug-likeness (QED) is 0.110. The number of hydrogen-bond acceptors (Lipinski definition) is 14. The van der Waals surface area contributed by atoms with E-state index in [1.165, 1.54) is 32.9 Å². The van der Waals surface area contributed by atoms with E-state index in [0.717, 1.165) is 6.92 Å². The SMILES string of the molecule is CC=C(C)C(=O)N[C@@H](c1ccccc1)[C@@H](O)C(=O)O[C@H]1C[C@@]2(O)[C@@H](OC(=O)c3ccccc3)C3[C@](C)(C(=O)[C@H](OC(=O)CC)C(=C1C)C2(C)C)[C@@H](O)C[C@H]1OC[C@@]31OC(C)=O. The van der Waals surface area contributed by atoms with Crippen LogP contribution in [0.4, 0.5) is 0 Å². The predicted molar refractivity (Wildman–Crippen MR) is 216 cm³/mol. The normalized spacial score (nSPS) is 32.6. The Bertz CT molecular complexity index is 2130. The van der Waals surface area contributed by atoms with Crippen LogP contribution in [0, 0.1) is 16.7 Å². The van der Waals surface area contributed by atoms with Crippen LogP contribution in [-0.4, -0.2) is 105 Å². The lowest BCUT2D eigenvalue weighted by Gasteiger charge is -2.67. The standard InChI is InChI=1S/C46H55NO14/c1-9-24(3)40(53)47-34(27-17-13-11-14-18-27)35(51)42(55)58-29-22-46(56)39(60-41(54)28-19-15-12-16-20-28)37-44(8,30(49)21-31-45(37,23-57-31)61-26(5)48)38(52)36(59-32(50)10-2)33(25(29)4)43(46,6)7/h9,11-20,29-31,34-37,39,49,51,56H,10,21-23H2,1-8H3,(H,47,53)/t29-,30-,31+,34-,35+,36+,37?,39-,44+,45-,46+/m0/s1. The molecule has 4 N–H and O–H groups in total. The fraction of sp³-hybridized carbons (Fsp3) is 0.522. The molecule has 11 atom stereocenters. The lowest BCUT2D eigenvalue weighted by Crippen LogP contribution is -2.82. The Kier molecular flexibility index (Phi) is 12.6. The molecule has 4 aliphatic rings. The highest BCUT2D eigenvalue weighted by molar-refractivity contribution is 5.96. The summed E-state index contributed by atoms with van der Waals surface area (Å²) in [4.78, 5) is 83.5. The number of amides is 1. The number of rotatable bonds is 11. The highest BCUT2D eigenvalue weighted by atomic mass is 16.6. The molecular weight excluding hydrogens is 790 g/mol. The number of esters is 4. The number of ether oxygens (including phenoxy) is 5. The molecule has 2 bridgehead atoms. The highest BCUT2D eigenvalue weighted by Crippen LogP contribution is 2.64. The van der Waals surface area contributed by atoms with Gasteiger partial charge in [-0.05, 0) is 56.5 Å². The monoisotopic (exact) mass is 845 g/mol. The number of nitrogens with one attached hydrogen (secondary N) is 1. The van der Waals surface area contributed by atoms with Crippen molar-refractivity contribution in [1.29, 1.82) is 0 Å². The van der Waals surface area contributed by atoms with Crippen molar-refractivity contribution in [3.05, 3.63) is 94.6 Å². The summed E-state index contributed by atoms with van der Waals surface area (Å²) in [5, 5.41) is 40.2. The van der Waals surface area contributed by atoms with Crippen molar-refractivity contribution in [3.63, 3.8) is 0 Å². The Morgan fingerprint density at radius 3 is 2.15 bits per heavy atom. The molecule has 61 heavy (non-hydrogen) atoms. The van der Waals surface area contributed by atoms with Crippen LogP contribution in [0.2, 0.25) is 0 Å². The molecule has 1 amide bonds. The van der Waals surface area contributed by atoms with Crippen molar-refractivity contribution in [2.45, 2.75) is 129 Å². The van der Waals surface area contributed by atoms with Crippen LogP contribution in [0.15, 0.2) is 83.5 Å². The smallest absolute Gasteiger partial charge is 0.338 e. The van der Waals surface area contributed by atoms with Crippen molar-refractivity contribution >= 4 is 35.6 Å². The van der Waals surface area contributed by atoms with E-state index in [4.69, 9.17) is 23.7 Å². The van der Waals surface area contributed by atoms with Gasteiger partial charge in [0.15, 0.2) is 23.6 Å². The number of benzene rings is 2. The average molecular weight is 846 g/mol. The van der Waals surface area contributed by atoms with Crippen molar-refractivity contribution in [2.75, 3.05) is 6.61 Å². The average Bonchev–Trinajstić information content (AvgIpc) is 3.23. The molecular formula is C46H55NO14. The van der Waals surface area contributed by atoms with E-state index in [0.29, 0.717) is 11.1 Å². The van der Waals surface area contributed by atoms with Gasteiger partial charge in [-0.25, -0.2) is 9.59 Å². The van der Waals surface area contributed by atoms with Crippen LogP contribution in [0.25, 0.3) is 0 Å². The number of ketones is 1. The Labute approximate surface area is 354 Å². The molecule has 15 heteroatoms. The molecule has 1 heterocycles. The first-order valence-corrected chi connectivity index (χ1v) is 20.5. The third-order valence-corrected chi connectivity index (χ3v) is 13.5. The van der Waals surface area contributed by atoms with Gasteiger partial charge in [-0.3, -0.25) is 19.2 Å². The molecule has 2 saturated carbocycles. The summed E-state index contributed by atoms with van der Waals surface area (Å²) in [6.07, 6.45) is -9.04. The van der Waals surface area contributed by atoms with E-state index < -0.39 is 113 Å². The Morgan fingerprint density at radius 2 is 1.59 bits per heavy atom. The zero-order valence-corrected chi connectivity index (χ0v) is 35.6. The van der Waals surface area contributed by atoms with E-state index in [1.807, 2.05) is 0 Å². The minimum absolute atomic E-state index is 0.0121. The van der Waals surface area contributed by atoms with E-state index >= 15 is 4.79 Å². The summed E-state index contributed by atoms with van der Waals surface area (Å²) >= 11 is 0. The molecule has 3 aliphatic carbocycles. The van der Waals surface area contributed by atoms with Crippen molar-refractivity contribution in [2.24, 2.45) is 16.7 Å². The molecule has 2 aromatic carbocycles. The molecule has 0 radical (unpaired) electrons. The molecule has 3 fully saturated rings. The van der Waals surface area contributed by atoms with Gasteiger partial charge in [-0.2, -0.15) is 0 Å². The molecule has 2 aromatic rings. The van der Waals surface area contributed by atoms with Crippen LogP contribution in [0.5, 0.6) is 0 Å². The molecule has 1 unspecified atom stereocenters. The van der Waals surface area contributed by atoms with Gasteiger partial charge >= 0.3 is 23.9 Å². The van der Waals surface area contributed by atoms with E-state index in [9.17, 15) is 39.3 Å². The van der Waals surface area contributed by atoms with Crippen molar-refractivity contribution in [3.8, 4) is 0 Å². The van der Waals surface area contributed by atoms with Crippen LogP contribution < -0.4 is 5.32 Å². The van der Waals surface area contributed by atoms with Gasteiger partial charge in [-0.15, -0.1) is 0 Å². The molecule has 6 rings (SSSR count). The summed E-state index contributed by atoms with van der Waals surface area (Å²) in [6, 6.07) is 14.8. The Balaban J connectivity index is 1.56. The molecule has 328 valence electrons. The number of aliphatic hydroxyl groups is 3. The first-order chi connectivity index (χ1) is 28.7. The fourth-order valence-electron chi connectivity index (χ4n) is 9.80. The van der Waals surface area contributed by atoms with E-state index in [1.54, 1.807) is 82.3 Å². The zero-order valence-electron chi connectivity index (χ0n) is 35.6. The Morgan fingerprint density at radius 1 is 0.967 bits per heavy atom. The lowest BCUT2D eigenvalue weighted by atomic mass is 9.44. The van der Waals surface area contributed by atoms with Gasteiger partial charge < -0.3 is 44.3 Å². The topological polar surface area (TPSA) is 221 Å². The van der Waals surface area contributed by atoms with Crippen LogP contribution in [0.1, 0.15) is 96.6 Å². The van der Waals surface area contributed by atoms with Crippen molar-refractivity contribution < 1.29 is 67.8 Å². The van der Waals surface area contributed by atoms with Crippen LogP contribution in [0.3, 0.4) is 0 Å². The van der Waals surface area contributed by atoms with Gasteiger partial charge in [0.05, 0.1) is 35.6 Å². The fourth-order valence-corrected chi connectivity index (χ4v) is 9.80. The second-order valence-electron chi connectivity index (χ2n) is 17.2. The maximum atomic E-state index is 15.6. The summed E-state index contributed by atoms with van der Waals surface area (Å²) in [5.74, 6) is -6.67. The van der Waals surface area contributed by atoms with E-state index in [2.05, 4.69) is 5.32 Å². The van der Waals surface area contributed by atoms with Gasteiger partial charge in [0.25, 0.3) is 0 Å². The largest absolute Gasteiger partial charge is 0.456 e. The molecule has 1 aliphatic heterocycles. The zero-order chi connectivity index (χ0) is 44.8. The molecule has 0 aromatic heterocycles. The van der Waals surface area contributed by atoms with Gasteiger partial charge in [-0.1, -0.05) is 75.4 Å². The summed E-state index contributed by atoms with van der Waals surface area (Å²) in [5.41, 5.74) is -6.89. The Hall–Kier alpha value is -5.22. The van der Waals surface area contributed by atoms with E-state index in [-0.39, 0.29) is 36.2 Å². The predicted octanol–water partition coefficient (Wildman–Crippen LogP) is 3.78. The summed E-state index contributed by atoms with van der Waals surface area (Å²) in [6.45, 7) is 11.7. The molecule has 15 nitrogen and oxygen atoms in total. The number of aliphatic hydroxyl groups excluding tert-OH is 2. The van der Waals surface area contributed by atoms with Crippen LogP contribution in [-0.2, 0) is 47.7 Å². The summed E-state index contributed by atoms with van der Waals surface area (Å²) in [7, 11) is 0. The number of carbonyl (C=O) groups excluding carboxylic acids is 6. The lowest BCUT2D eigenvalue weighted by molar-refractivity contribution is -0.346. The number of carbonyl (C=O) groups is 6. The minimum Gasteiger partial charge on any atom is -0.456 e. The second-order valence-corrected chi connectivity index (χ2v) is 17.2. The first-order valence-electron chi connectivity index (χ1n) is 20.5. The number of fused-ring (bicyclic) bond motifs is 5. The molecule has 0 spiro atoms. The van der Waals surface area contributed by atoms with Gasteiger partial charge in [0.2, 0.25) is 5.91 Å². The van der Waals surface area contributed by atoms with Crippen LogP contribution >= 0.6 is 0 Å². The maximum Gasteiger partial charge on any atom is 0.338 e.